The fourth-order valence-corrected chi connectivity index (χ4v) is 3.47. The van der Waals surface area contributed by atoms with E-state index in [0.29, 0.717) is 32.8 Å². The molecule has 0 bridgehead atoms. The SMILES string of the molecule is CC(C)(O)c1ccn2c(-c3ccnc(-c4ccc(Cl)cc4Cl)n3)cnc2c1F. The predicted molar refractivity (Wildman–Crippen MR) is 107 cm³/mol. The summed E-state index contributed by atoms with van der Waals surface area (Å²) < 4.78 is 16.4. The summed E-state index contributed by atoms with van der Waals surface area (Å²) in [7, 11) is 0. The number of aromatic nitrogens is 4. The van der Waals surface area contributed by atoms with Crippen LogP contribution >= 0.6 is 23.2 Å². The topological polar surface area (TPSA) is 63.3 Å². The molecule has 28 heavy (non-hydrogen) atoms. The van der Waals surface area contributed by atoms with E-state index in [2.05, 4.69) is 15.0 Å². The number of imidazole rings is 1. The average molecular weight is 417 g/mol. The summed E-state index contributed by atoms with van der Waals surface area (Å²) in [6.45, 7) is 3.05. The van der Waals surface area contributed by atoms with Crippen molar-refractivity contribution >= 4 is 28.8 Å². The molecule has 1 N–H and O–H groups in total. The average Bonchev–Trinajstić information content (AvgIpc) is 3.06. The second-order valence-electron chi connectivity index (χ2n) is 6.83. The van der Waals surface area contributed by atoms with Crippen LogP contribution in [0.5, 0.6) is 0 Å². The molecule has 5 nitrogen and oxygen atoms in total. The van der Waals surface area contributed by atoms with Crippen LogP contribution < -0.4 is 0 Å². The van der Waals surface area contributed by atoms with Gasteiger partial charge in [-0.05, 0) is 44.2 Å². The van der Waals surface area contributed by atoms with Gasteiger partial charge in [-0.25, -0.2) is 19.3 Å². The van der Waals surface area contributed by atoms with Crippen molar-refractivity contribution in [2.75, 3.05) is 0 Å². The first-order valence-electron chi connectivity index (χ1n) is 8.43. The first kappa shape index (κ1) is 18.8. The lowest BCUT2D eigenvalue weighted by molar-refractivity contribution is 0.0746. The van der Waals surface area contributed by atoms with E-state index in [1.807, 2.05) is 0 Å². The fraction of sp³-hybridized carbons (Fsp3) is 0.150. The monoisotopic (exact) mass is 416 g/mol. The number of rotatable bonds is 3. The highest BCUT2D eigenvalue weighted by Crippen LogP contribution is 2.31. The van der Waals surface area contributed by atoms with E-state index < -0.39 is 11.4 Å². The maximum Gasteiger partial charge on any atom is 0.174 e. The van der Waals surface area contributed by atoms with Gasteiger partial charge >= 0.3 is 0 Å². The molecule has 0 spiro atoms. The molecule has 4 aromatic rings. The number of nitrogens with zero attached hydrogens (tertiary/aromatic N) is 4. The smallest absolute Gasteiger partial charge is 0.174 e. The highest BCUT2D eigenvalue weighted by Gasteiger charge is 2.24. The van der Waals surface area contributed by atoms with Crippen LogP contribution in [-0.4, -0.2) is 24.5 Å². The van der Waals surface area contributed by atoms with Crippen molar-refractivity contribution in [3.05, 3.63) is 70.3 Å². The van der Waals surface area contributed by atoms with Gasteiger partial charge in [0.25, 0.3) is 0 Å². The lowest BCUT2D eigenvalue weighted by Crippen LogP contribution is -2.18. The Morgan fingerprint density at radius 3 is 2.61 bits per heavy atom. The molecule has 0 saturated heterocycles. The van der Waals surface area contributed by atoms with Gasteiger partial charge in [-0.1, -0.05) is 23.2 Å². The number of hydrogen-bond donors (Lipinski definition) is 1. The van der Waals surface area contributed by atoms with Gasteiger partial charge in [0.05, 0.1) is 28.2 Å². The standard InChI is InChI=1S/C20H15Cl2FN4O/c1-20(2,28)13-6-8-27-16(10-25-19(27)17(13)23)15-5-7-24-18(26-15)12-4-3-11(21)9-14(12)22/h3-10,28H,1-2H3. The van der Waals surface area contributed by atoms with Crippen LogP contribution in [0, 0.1) is 5.82 Å². The largest absolute Gasteiger partial charge is 0.386 e. The van der Waals surface area contributed by atoms with Gasteiger partial charge in [0.1, 0.15) is 0 Å². The Balaban J connectivity index is 1.84. The third-order valence-corrected chi connectivity index (χ3v) is 4.92. The third kappa shape index (κ3) is 3.24. The lowest BCUT2D eigenvalue weighted by atomic mass is 9.99. The molecule has 4 rings (SSSR count). The molecule has 3 aromatic heterocycles. The normalized spacial score (nSPS) is 11.9. The molecular weight excluding hydrogens is 402 g/mol. The fourth-order valence-electron chi connectivity index (χ4n) is 2.98. The zero-order valence-electron chi connectivity index (χ0n) is 15.0. The van der Waals surface area contributed by atoms with Crippen LogP contribution in [0.1, 0.15) is 19.4 Å². The van der Waals surface area contributed by atoms with Crippen LogP contribution in [0.3, 0.4) is 0 Å². The molecule has 0 unspecified atom stereocenters. The third-order valence-electron chi connectivity index (χ3n) is 4.37. The van der Waals surface area contributed by atoms with Crippen LogP contribution in [0.2, 0.25) is 10.0 Å². The van der Waals surface area contributed by atoms with Crippen LogP contribution in [0.15, 0.2) is 48.9 Å². The van der Waals surface area contributed by atoms with E-state index in [1.54, 1.807) is 41.1 Å². The molecule has 0 atom stereocenters. The van der Waals surface area contributed by atoms with Crippen molar-refractivity contribution < 1.29 is 9.50 Å². The molecule has 3 heterocycles. The molecule has 0 aliphatic rings. The minimum Gasteiger partial charge on any atom is -0.386 e. The van der Waals surface area contributed by atoms with Gasteiger partial charge in [-0.3, -0.25) is 4.40 Å². The van der Waals surface area contributed by atoms with Gasteiger partial charge in [0.2, 0.25) is 0 Å². The molecule has 1 aromatic carbocycles. The minimum absolute atomic E-state index is 0.110. The number of benzene rings is 1. The zero-order chi connectivity index (χ0) is 20.1. The van der Waals surface area contributed by atoms with E-state index in [-0.39, 0.29) is 11.2 Å². The zero-order valence-corrected chi connectivity index (χ0v) is 16.5. The summed E-state index contributed by atoms with van der Waals surface area (Å²) in [5, 5.41) is 11.1. The lowest BCUT2D eigenvalue weighted by Gasteiger charge is -2.18. The predicted octanol–water partition coefficient (Wildman–Crippen LogP) is 5.13. The maximum atomic E-state index is 14.8. The van der Waals surface area contributed by atoms with Crippen molar-refractivity contribution in [3.8, 4) is 22.8 Å². The summed E-state index contributed by atoms with van der Waals surface area (Å²) in [4.78, 5) is 13.0. The first-order valence-corrected chi connectivity index (χ1v) is 9.18. The van der Waals surface area contributed by atoms with Gasteiger partial charge in [0, 0.05) is 28.5 Å². The molecule has 0 saturated carbocycles. The molecule has 0 fully saturated rings. The summed E-state index contributed by atoms with van der Waals surface area (Å²) in [6, 6.07) is 8.31. The van der Waals surface area contributed by atoms with Gasteiger partial charge in [0.15, 0.2) is 17.3 Å². The Morgan fingerprint density at radius 2 is 1.89 bits per heavy atom. The Kier molecular flexibility index (Phi) is 4.57. The van der Waals surface area contributed by atoms with E-state index in [0.717, 1.165) is 0 Å². The van der Waals surface area contributed by atoms with Gasteiger partial charge in [-0.2, -0.15) is 0 Å². The summed E-state index contributed by atoms with van der Waals surface area (Å²) in [5.41, 5.74) is 0.750. The van der Waals surface area contributed by atoms with Crippen molar-refractivity contribution in [1.82, 2.24) is 19.4 Å². The summed E-state index contributed by atoms with van der Waals surface area (Å²) in [5.74, 6) is -0.154. The maximum absolute atomic E-state index is 14.8. The van der Waals surface area contributed by atoms with Crippen molar-refractivity contribution in [2.24, 2.45) is 0 Å². The molecule has 0 amide bonds. The van der Waals surface area contributed by atoms with Crippen molar-refractivity contribution in [3.63, 3.8) is 0 Å². The first-order chi connectivity index (χ1) is 13.3. The summed E-state index contributed by atoms with van der Waals surface area (Å²) >= 11 is 12.2. The molecule has 142 valence electrons. The van der Waals surface area contributed by atoms with E-state index in [1.165, 1.54) is 26.1 Å². The number of hydrogen-bond acceptors (Lipinski definition) is 4. The van der Waals surface area contributed by atoms with Gasteiger partial charge in [-0.15, -0.1) is 0 Å². The minimum atomic E-state index is -1.31. The molecular formula is C20H15Cl2FN4O. The Morgan fingerprint density at radius 1 is 1.11 bits per heavy atom. The molecule has 0 aliphatic carbocycles. The summed E-state index contributed by atoms with van der Waals surface area (Å²) in [6.07, 6.45) is 4.79. The van der Waals surface area contributed by atoms with Crippen molar-refractivity contribution in [2.45, 2.75) is 19.4 Å². The number of fused-ring (bicyclic) bond motifs is 1. The molecule has 8 heteroatoms. The number of halogens is 3. The van der Waals surface area contributed by atoms with Crippen LogP contribution in [0.4, 0.5) is 4.39 Å². The van der Waals surface area contributed by atoms with E-state index in [9.17, 15) is 9.50 Å². The Labute approximate surface area is 170 Å². The van der Waals surface area contributed by atoms with E-state index in [4.69, 9.17) is 23.2 Å². The van der Waals surface area contributed by atoms with E-state index >= 15 is 0 Å². The number of aliphatic hydroxyl groups is 1. The quantitative estimate of drug-likeness (QED) is 0.502. The second-order valence-corrected chi connectivity index (χ2v) is 7.67. The van der Waals surface area contributed by atoms with Crippen LogP contribution in [-0.2, 0) is 5.60 Å². The van der Waals surface area contributed by atoms with Crippen LogP contribution in [0.25, 0.3) is 28.4 Å². The number of pyridine rings is 1. The van der Waals surface area contributed by atoms with Crippen molar-refractivity contribution in [1.29, 1.82) is 0 Å². The Bertz CT molecular complexity index is 1200. The highest BCUT2D eigenvalue weighted by atomic mass is 35.5. The molecule has 0 radical (unpaired) electrons. The molecule has 0 aliphatic heterocycles. The Hall–Kier alpha value is -2.54. The second kappa shape index (κ2) is 6.81. The highest BCUT2D eigenvalue weighted by molar-refractivity contribution is 6.36. The van der Waals surface area contributed by atoms with Gasteiger partial charge < -0.3 is 5.11 Å².